The topological polar surface area (TPSA) is 23.4 Å². The monoisotopic (exact) mass is 597 g/mol. The number of hydrogen-bond donors (Lipinski definition) is 0. The second kappa shape index (κ2) is 10.8. The van der Waals surface area contributed by atoms with Crippen molar-refractivity contribution in [1.82, 2.24) is 4.57 Å². The fourth-order valence-electron chi connectivity index (χ4n) is 6.58. The summed E-state index contributed by atoms with van der Waals surface area (Å²) < 4.78 is 14.6. The molecule has 0 N–H and O–H groups in total. The van der Waals surface area contributed by atoms with Crippen LogP contribution in [0.2, 0.25) is 5.31 Å². The third-order valence-corrected chi connectivity index (χ3v) is 10.1. The van der Waals surface area contributed by atoms with Gasteiger partial charge in [0.25, 0.3) is 0 Å². The Morgan fingerprint density at radius 1 is 0.500 bits per heavy atom. The number of rotatable bonds is 6. The van der Waals surface area contributed by atoms with Crippen LogP contribution in [0.25, 0.3) is 60.9 Å². The van der Waals surface area contributed by atoms with Crippen molar-refractivity contribution < 1.29 is 9.31 Å². The van der Waals surface area contributed by atoms with Crippen LogP contribution in [-0.2, 0) is 4.65 Å². The van der Waals surface area contributed by atoms with Gasteiger partial charge in [-0.05, 0) is 89.7 Å². The molecule has 0 saturated carbocycles. The summed E-state index contributed by atoms with van der Waals surface area (Å²) in [4.78, 5) is 0. The summed E-state index contributed by atoms with van der Waals surface area (Å²) in [6.45, 7) is 8.62. The van der Waals surface area contributed by atoms with Gasteiger partial charge in [-0.1, -0.05) is 117 Å². The Morgan fingerprint density at radius 3 is 1.80 bits per heavy atom. The number of nitrogens with zero attached hydrogens (tertiary/aromatic N) is 1. The lowest BCUT2D eigenvalue weighted by Crippen LogP contribution is -2.64. The largest absolute Gasteiger partial charge is 0.536 e. The predicted molar refractivity (Wildman–Crippen MR) is 193 cm³/mol. The van der Waals surface area contributed by atoms with Gasteiger partial charge in [0.1, 0.15) is 5.75 Å². The molecule has 3 nitrogen and oxygen atoms in total. The van der Waals surface area contributed by atoms with Crippen molar-refractivity contribution in [1.29, 1.82) is 0 Å². The molecule has 0 amide bonds. The fraction of sp³-hybridized carbons (Fsp3) is 0.143. The lowest BCUT2D eigenvalue weighted by molar-refractivity contribution is -0.0412. The third kappa shape index (κ3) is 4.72. The van der Waals surface area contributed by atoms with Gasteiger partial charge in [-0.25, -0.2) is 0 Å². The second-order valence-corrected chi connectivity index (χ2v) is 13.4. The number of aromatic nitrogens is 1. The van der Waals surface area contributed by atoms with E-state index in [0.717, 1.165) is 17.0 Å². The molecule has 1 aliphatic rings. The van der Waals surface area contributed by atoms with Gasteiger partial charge in [-0.2, -0.15) is 0 Å². The average Bonchev–Trinajstić information content (AvgIpc) is 3.42. The lowest BCUT2D eigenvalue weighted by atomic mass is 9.45. The van der Waals surface area contributed by atoms with Crippen LogP contribution in [0.1, 0.15) is 27.7 Å². The molecular formula is C42H36BNO2. The molecule has 1 aromatic heterocycles. The van der Waals surface area contributed by atoms with Crippen LogP contribution in [0, 0.1) is 0 Å². The molecule has 0 spiro atoms. The maximum absolute atomic E-state index is 6.21. The highest BCUT2D eigenvalue weighted by Gasteiger charge is 2.62. The Morgan fingerprint density at radius 2 is 1.07 bits per heavy atom. The van der Waals surface area contributed by atoms with E-state index < -0.39 is 0 Å². The summed E-state index contributed by atoms with van der Waals surface area (Å²) in [7, 11) is -0.247. The van der Waals surface area contributed by atoms with E-state index in [1.165, 1.54) is 49.6 Å². The van der Waals surface area contributed by atoms with Gasteiger partial charge < -0.3 is 13.9 Å². The quantitative estimate of drug-likeness (QED) is 0.178. The number of benzene rings is 6. The molecule has 46 heavy (non-hydrogen) atoms. The normalized spacial score (nSPS) is 15.2. The highest BCUT2D eigenvalue weighted by atomic mass is 16.6. The maximum Gasteiger partial charge on any atom is 0.534 e. The zero-order chi connectivity index (χ0) is 31.5. The first kappa shape index (κ1) is 28.4. The standard InChI is InChI=1S/C42H36BNO2/c1-41(2)42(3,4)46-43(41)45-36-23-20-30(21-24-36)31-14-10-15-32(26-31)34-22-25-38-37-18-8-9-19-39(37)44(40(38)28-34)35-17-11-16-33(27-35)29-12-6-5-7-13-29/h5-28H,1-4H3. The second-order valence-electron chi connectivity index (χ2n) is 13.4. The molecule has 0 aliphatic carbocycles. The molecule has 0 radical (unpaired) electrons. The highest BCUT2D eigenvalue weighted by Crippen LogP contribution is 2.53. The molecule has 6 aromatic carbocycles. The summed E-state index contributed by atoms with van der Waals surface area (Å²) in [5.41, 5.74) is 10.5. The summed E-state index contributed by atoms with van der Waals surface area (Å²) in [5.74, 6) is 0.822. The summed E-state index contributed by atoms with van der Waals surface area (Å²) in [5, 5.41) is 2.44. The molecule has 224 valence electrons. The minimum Gasteiger partial charge on any atom is -0.536 e. The summed E-state index contributed by atoms with van der Waals surface area (Å²) in [6.07, 6.45) is 0. The van der Waals surface area contributed by atoms with Gasteiger partial charge in [-0.3, -0.25) is 0 Å². The lowest BCUT2D eigenvalue weighted by Gasteiger charge is -2.54. The van der Waals surface area contributed by atoms with Gasteiger partial charge in [0, 0.05) is 21.8 Å². The van der Waals surface area contributed by atoms with E-state index in [0.29, 0.717) is 0 Å². The van der Waals surface area contributed by atoms with E-state index in [9.17, 15) is 0 Å². The molecule has 0 unspecified atom stereocenters. The van der Waals surface area contributed by atoms with Crippen LogP contribution in [0.5, 0.6) is 5.75 Å². The van der Waals surface area contributed by atoms with Crippen LogP contribution in [-0.4, -0.2) is 17.3 Å². The maximum atomic E-state index is 6.21. The van der Waals surface area contributed by atoms with Crippen molar-refractivity contribution in [2.75, 3.05) is 0 Å². The van der Waals surface area contributed by atoms with E-state index in [1.807, 2.05) is 12.1 Å². The van der Waals surface area contributed by atoms with Crippen molar-refractivity contribution in [3.63, 3.8) is 0 Å². The van der Waals surface area contributed by atoms with Crippen LogP contribution in [0.15, 0.2) is 146 Å². The highest BCUT2D eigenvalue weighted by molar-refractivity contribution is 6.53. The van der Waals surface area contributed by atoms with Gasteiger partial charge >= 0.3 is 7.12 Å². The Labute approximate surface area is 271 Å². The van der Waals surface area contributed by atoms with Crippen LogP contribution < -0.4 is 4.65 Å². The average molecular weight is 598 g/mol. The first-order chi connectivity index (χ1) is 22.3. The first-order valence-corrected chi connectivity index (χ1v) is 16.0. The zero-order valence-electron chi connectivity index (χ0n) is 26.7. The van der Waals surface area contributed by atoms with Crippen LogP contribution >= 0.6 is 0 Å². The molecule has 0 atom stereocenters. The molecule has 4 heteroatoms. The van der Waals surface area contributed by atoms with Crippen molar-refractivity contribution in [2.24, 2.45) is 0 Å². The smallest absolute Gasteiger partial charge is 0.534 e. The minimum atomic E-state index is -0.247. The first-order valence-electron chi connectivity index (χ1n) is 16.0. The van der Waals surface area contributed by atoms with Gasteiger partial charge in [0.05, 0.1) is 16.6 Å². The molecule has 1 saturated heterocycles. The van der Waals surface area contributed by atoms with Crippen molar-refractivity contribution >= 4 is 28.9 Å². The molecule has 1 aliphatic heterocycles. The molecule has 1 fully saturated rings. The van der Waals surface area contributed by atoms with Crippen molar-refractivity contribution in [3.8, 4) is 44.8 Å². The van der Waals surface area contributed by atoms with Gasteiger partial charge in [0.2, 0.25) is 0 Å². The summed E-state index contributed by atoms with van der Waals surface area (Å²) in [6, 6.07) is 52.1. The Balaban J connectivity index is 1.15. The van der Waals surface area contributed by atoms with Gasteiger partial charge in [-0.15, -0.1) is 0 Å². The van der Waals surface area contributed by atoms with E-state index >= 15 is 0 Å². The molecule has 8 rings (SSSR count). The summed E-state index contributed by atoms with van der Waals surface area (Å²) >= 11 is 0. The third-order valence-electron chi connectivity index (χ3n) is 10.1. The molecular weight excluding hydrogens is 561 g/mol. The zero-order valence-corrected chi connectivity index (χ0v) is 26.7. The van der Waals surface area contributed by atoms with E-state index in [2.05, 4.69) is 166 Å². The van der Waals surface area contributed by atoms with E-state index in [-0.39, 0.29) is 18.0 Å². The van der Waals surface area contributed by atoms with E-state index in [4.69, 9.17) is 9.31 Å². The fourth-order valence-corrected chi connectivity index (χ4v) is 6.58. The van der Waals surface area contributed by atoms with Crippen molar-refractivity contribution in [2.45, 2.75) is 38.6 Å². The Kier molecular flexibility index (Phi) is 6.66. The predicted octanol–water partition coefficient (Wildman–Crippen LogP) is 11.2. The van der Waals surface area contributed by atoms with Crippen LogP contribution in [0.3, 0.4) is 0 Å². The van der Waals surface area contributed by atoms with E-state index in [1.54, 1.807) is 0 Å². The van der Waals surface area contributed by atoms with Crippen LogP contribution in [0.4, 0.5) is 0 Å². The SMILES string of the molecule is CC1(C)OB(Oc2ccc(-c3cccc(-c4ccc5c6ccccc6n(-c6cccc(-c7ccccc7)c6)c5c4)c3)cc2)C1(C)C. The Bertz CT molecular complexity index is 2210. The van der Waals surface area contributed by atoms with Crippen molar-refractivity contribution in [3.05, 3.63) is 146 Å². The molecule has 7 aromatic rings. The number of hydrogen-bond acceptors (Lipinski definition) is 2. The molecule has 2 heterocycles. The van der Waals surface area contributed by atoms with Gasteiger partial charge in [0.15, 0.2) is 0 Å². The molecule has 0 bridgehead atoms. The number of fused-ring (bicyclic) bond motifs is 3. The number of para-hydroxylation sites is 1. The minimum absolute atomic E-state index is 0.0580. The Hall–Kier alpha value is -5.06.